The first-order chi connectivity index (χ1) is 8.87. The van der Waals surface area contributed by atoms with E-state index in [4.69, 9.17) is 0 Å². The lowest BCUT2D eigenvalue weighted by Crippen LogP contribution is -2.34. The molecular weight excluding hydrogens is 258 g/mol. The number of rotatable bonds is 8. The lowest BCUT2D eigenvalue weighted by Gasteiger charge is -2.25. The zero-order chi connectivity index (χ0) is 14.4. The summed E-state index contributed by atoms with van der Waals surface area (Å²) in [5.74, 6) is 0.519. The van der Waals surface area contributed by atoms with Crippen LogP contribution in [0.5, 0.6) is 0 Å². The second kappa shape index (κ2) is 7.06. The molecule has 108 valence electrons. The summed E-state index contributed by atoms with van der Waals surface area (Å²) in [5, 5.41) is 3.36. The summed E-state index contributed by atoms with van der Waals surface area (Å²) in [6.07, 6.45) is 0.682. The molecule has 0 saturated carbocycles. The highest BCUT2D eigenvalue weighted by atomic mass is 32.2. The van der Waals surface area contributed by atoms with Gasteiger partial charge in [0.2, 0.25) is 0 Å². The molecule has 0 fully saturated rings. The maximum atomic E-state index is 11.4. The second-order valence-corrected chi connectivity index (χ2v) is 7.99. The number of hydrogen-bond acceptors (Lipinski definition) is 3. The molecule has 4 heteroatoms. The molecule has 19 heavy (non-hydrogen) atoms. The van der Waals surface area contributed by atoms with Gasteiger partial charge in [-0.2, -0.15) is 0 Å². The lowest BCUT2D eigenvalue weighted by atomic mass is 9.84. The van der Waals surface area contributed by atoms with E-state index in [1.165, 1.54) is 5.56 Å². The van der Waals surface area contributed by atoms with Crippen molar-refractivity contribution in [2.45, 2.75) is 32.6 Å². The van der Waals surface area contributed by atoms with Crippen molar-refractivity contribution >= 4 is 9.84 Å². The van der Waals surface area contributed by atoms with E-state index < -0.39 is 9.84 Å². The Morgan fingerprint density at radius 1 is 1.16 bits per heavy atom. The van der Waals surface area contributed by atoms with Gasteiger partial charge in [0.1, 0.15) is 9.84 Å². The molecule has 0 spiro atoms. The van der Waals surface area contributed by atoms with Crippen LogP contribution >= 0.6 is 0 Å². The topological polar surface area (TPSA) is 46.2 Å². The van der Waals surface area contributed by atoms with Crippen LogP contribution in [0.4, 0.5) is 0 Å². The van der Waals surface area contributed by atoms with Crippen LogP contribution in [0.1, 0.15) is 32.8 Å². The van der Waals surface area contributed by atoms with E-state index in [-0.39, 0.29) is 16.9 Å². The molecule has 0 amide bonds. The molecule has 1 aromatic carbocycles. The third kappa shape index (κ3) is 5.74. The van der Waals surface area contributed by atoms with E-state index in [1.807, 2.05) is 18.2 Å². The fourth-order valence-corrected chi connectivity index (χ4v) is 2.83. The van der Waals surface area contributed by atoms with Gasteiger partial charge in [0.05, 0.1) is 5.75 Å². The summed E-state index contributed by atoms with van der Waals surface area (Å²) in [4.78, 5) is 0. The maximum Gasteiger partial charge on any atom is 0.150 e. The van der Waals surface area contributed by atoms with Crippen molar-refractivity contribution in [2.75, 3.05) is 24.6 Å². The van der Waals surface area contributed by atoms with Gasteiger partial charge in [-0.25, -0.2) is 8.42 Å². The van der Waals surface area contributed by atoms with E-state index in [1.54, 1.807) is 6.92 Å². The van der Waals surface area contributed by atoms with Gasteiger partial charge in [0, 0.05) is 17.7 Å². The van der Waals surface area contributed by atoms with Gasteiger partial charge in [-0.05, 0) is 18.5 Å². The molecule has 0 aliphatic rings. The van der Waals surface area contributed by atoms with Gasteiger partial charge in [-0.15, -0.1) is 0 Å². The summed E-state index contributed by atoms with van der Waals surface area (Å²) in [7, 11) is -2.83. The Balaban J connectivity index is 2.33. The third-order valence-electron chi connectivity index (χ3n) is 3.37. The summed E-state index contributed by atoms with van der Waals surface area (Å²) in [6.45, 7) is 7.68. The third-order valence-corrected chi connectivity index (χ3v) is 5.16. The molecule has 0 atom stereocenters. The van der Waals surface area contributed by atoms with Crippen molar-refractivity contribution in [3.8, 4) is 0 Å². The molecular formula is C15H25NO2S. The smallest absolute Gasteiger partial charge is 0.150 e. The van der Waals surface area contributed by atoms with Crippen LogP contribution in [-0.4, -0.2) is 33.0 Å². The highest BCUT2D eigenvalue weighted by Crippen LogP contribution is 2.21. The Morgan fingerprint density at radius 3 is 2.37 bits per heavy atom. The number of nitrogens with one attached hydrogen (secondary N) is 1. The van der Waals surface area contributed by atoms with Gasteiger partial charge >= 0.3 is 0 Å². The van der Waals surface area contributed by atoms with Gasteiger partial charge in [0.25, 0.3) is 0 Å². The normalized spacial score (nSPS) is 12.6. The zero-order valence-corrected chi connectivity index (χ0v) is 13.0. The largest absolute Gasteiger partial charge is 0.316 e. The molecule has 0 saturated heterocycles. The van der Waals surface area contributed by atoms with Crippen LogP contribution in [0.2, 0.25) is 0 Å². The number of benzene rings is 1. The first-order valence-electron chi connectivity index (χ1n) is 6.84. The monoisotopic (exact) mass is 283 g/mol. The average Bonchev–Trinajstić information content (AvgIpc) is 2.39. The quantitative estimate of drug-likeness (QED) is 0.745. The number of sulfone groups is 1. The predicted molar refractivity (Wildman–Crippen MR) is 81.3 cm³/mol. The van der Waals surface area contributed by atoms with Crippen molar-refractivity contribution < 1.29 is 8.42 Å². The minimum absolute atomic E-state index is 0.0604. The van der Waals surface area contributed by atoms with Crippen LogP contribution in [0.3, 0.4) is 0 Å². The Labute approximate surface area is 117 Å². The molecule has 0 heterocycles. The van der Waals surface area contributed by atoms with Crippen LogP contribution < -0.4 is 5.32 Å². The fraction of sp³-hybridized carbons (Fsp3) is 0.600. The minimum atomic E-state index is -2.83. The van der Waals surface area contributed by atoms with Crippen LogP contribution in [-0.2, 0) is 15.3 Å². The molecule has 0 aliphatic heterocycles. The molecule has 3 nitrogen and oxygen atoms in total. The van der Waals surface area contributed by atoms with Crippen LogP contribution in [0.15, 0.2) is 30.3 Å². The van der Waals surface area contributed by atoms with E-state index >= 15 is 0 Å². The summed E-state index contributed by atoms with van der Waals surface area (Å²) >= 11 is 0. The van der Waals surface area contributed by atoms with E-state index in [2.05, 4.69) is 31.3 Å². The Hall–Kier alpha value is -0.870. The molecule has 0 unspecified atom stereocenters. The van der Waals surface area contributed by atoms with Gasteiger partial charge < -0.3 is 5.32 Å². The summed E-state index contributed by atoms with van der Waals surface area (Å²) in [6, 6.07) is 10.4. The Kier molecular flexibility index (Phi) is 6.01. The highest BCUT2D eigenvalue weighted by molar-refractivity contribution is 7.91. The van der Waals surface area contributed by atoms with E-state index in [0.717, 1.165) is 13.1 Å². The number of hydrogen-bond donors (Lipinski definition) is 1. The predicted octanol–water partition coefficient (Wildman–Crippen LogP) is 2.38. The Bertz CT molecular complexity index is 466. The maximum absolute atomic E-state index is 11.4. The molecule has 0 aromatic heterocycles. The van der Waals surface area contributed by atoms with Crippen molar-refractivity contribution in [3.05, 3.63) is 35.9 Å². The lowest BCUT2D eigenvalue weighted by molar-refractivity contribution is 0.469. The van der Waals surface area contributed by atoms with E-state index in [9.17, 15) is 8.42 Å². The molecule has 0 radical (unpaired) electrons. The summed E-state index contributed by atoms with van der Waals surface area (Å²) in [5.41, 5.74) is 1.36. The minimum Gasteiger partial charge on any atom is -0.316 e. The highest BCUT2D eigenvalue weighted by Gasteiger charge is 2.19. The molecule has 0 bridgehead atoms. The van der Waals surface area contributed by atoms with Gasteiger partial charge in [0.15, 0.2) is 0 Å². The van der Waals surface area contributed by atoms with Crippen molar-refractivity contribution in [2.24, 2.45) is 0 Å². The second-order valence-electron chi connectivity index (χ2n) is 5.52. The molecule has 1 rings (SSSR count). The van der Waals surface area contributed by atoms with Crippen LogP contribution in [0, 0.1) is 0 Å². The van der Waals surface area contributed by atoms with Crippen LogP contribution in [0.25, 0.3) is 0 Å². The summed E-state index contributed by atoms with van der Waals surface area (Å²) < 4.78 is 22.7. The van der Waals surface area contributed by atoms with Gasteiger partial charge in [-0.1, -0.05) is 51.1 Å². The van der Waals surface area contributed by atoms with Crippen molar-refractivity contribution in [1.29, 1.82) is 0 Å². The zero-order valence-electron chi connectivity index (χ0n) is 12.1. The first-order valence-corrected chi connectivity index (χ1v) is 8.66. The van der Waals surface area contributed by atoms with Gasteiger partial charge in [-0.3, -0.25) is 0 Å². The van der Waals surface area contributed by atoms with Crippen molar-refractivity contribution in [3.63, 3.8) is 0 Å². The van der Waals surface area contributed by atoms with Crippen molar-refractivity contribution in [1.82, 2.24) is 5.32 Å². The standard InChI is InChI=1S/C15H25NO2S/c1-4-19(17,18)12-8-11-16-13-15(2,3)14-9-6-5-7-10-14/h5-7,9-10,16H,4,8,11-13H2,1-3H3. The van der Waals surface area contributed by atoms with E-state index in [0.29, 0.717) is 6.42 Å². The SMILES string of the molecule is CCS(=O)(=O)CCCNCC(C)(C)c1ccccc1. The molecule has 1 N–H and O–H groups in total. The molecule has 1 aromatic rings. The molecule has 0 aliphatic carbocycles. The Morgan fingerprint density at radius 2 is 1.79 bits per heavy atom. The first kappa shape index (κ1) is 16.2. The fourth-order valence-electron chi connectivity index (χ4n) is 1.95. The average molecular weight is 283 g/mol.